The minimum absolute atomic E-state index is 0.102. The smallest absolute Gasteiger partial charge is 0.313 e. The molecule has 3 rings (SSSR count). The van der Waals surface area contributed by atoms with Gasteiger partial charge in [-0.15, -0.1) is 11.3 Å². The van der Waals surface area contributed by atoms with Gasteiger partial charge in [-0.3, -0.25) is 9.59 Å². The van der Waals surface area contributed by atoms with Crippen LogP contribution in [0.25, 0.3) is 0 Å². The van der Waals surface area contributed by atoms with E-state index in [1.165, 1.54) is 15.6 Å². The molecule has 144 valence electrons. The zero-order chi connectivity index (χ0) is 19.4. The van der Waals surface area contributed by atoms with E-state index in [2.05, 4.69) is 10.6 Å². The highest BCUT2D eigenvalue weighted by atomic mass is 32.2. The molecule has 1 saturated heterocycles. The summed E-state index contributed by atoms with van der Waals surface area (Å²) in [5.41, 5.74) is 1.58. The molecule has 1 atom stereocenters. The fourth-order valence-corrected chi connectivity index (χ4v) is 5.78. The zero-order valence-electron chi connectivity index (χ0n) is 14.8. The van der Waals surface area contributed by atoms with Crippen LogP contribution in [-0.2, 0) is 19.6 Å². The second-order valence-electron chi connectivity index (χ2n) is 6.37. The number of anilines is 1. The van der Waals surface area contributed by atoms with Gasteiger partial charge in [0.2, 0.25) is 0 Å². The van der Waals surface area contributed by atoms with Gasteiger partial charge < -0.3 is 10.6 Å². The number of nitrogens with one attached hydrogen (secondary N) is 2. The molecule has 0 unspecified atom stereocenters. The number of hydrogen-bond acceptors (Lipinski definition) is 5. The summed E-state index contributed by atoms with van der Waals surface area (Å²) in [6, 6.07) is 10.0. The molecule has 0 spiro atoms. The summed E-state index contributed by atoms with van der Waals surface area (Å²) in [4.78, 5) is 24.1. The Morgan fingerprint density at radius 2 is 1.93 bits per heavy atom. The second-order valence-corrected chi connectivity index (χ2v) is 9.44. The van der Waals surface area contributed by atoms with Crippen molar-refractivity contribution in [2.75, 3.05) is 18.4 Å². The summed E-state index contributed by atoms with van der Waals surface area (Å²) in [6.45, 7) is 2.44. The Bertz CT molecular complexity index is 909. The fourth-order valence-electron chi connectivity index (χ4n) is 2.97. The third kappa shape index (κ3) is 4.55. The van der Waals surface area contributed by atoms with Crippen molar-refractivity contribution >= 4 is 38.9 Å². The van der Waals surface area contributed by atoms with E-state index >= 15 is 0 Å². The Morgan fingerprint density at radius 1 is 1.19 bits per heavy atom. The second kappa shape index (κ2) is 8.20. The maximum absolute atomic E-state index is 12.7. The van der Waals surface area contributed by atoms with Crippen molar-refractivity contribution in [1.29, 1.82) is 0 Å². The Hall–Kier alpha value is -2.23. The normalized spacial score (nSPS) is 17.6. The molecule has 0 radical (unpaired) electrons. The lowest BCUT2D eigenvalue weighted by Gasteiger charge is -2.23. The van der Waals surface area contributed by atoms with Crippen molar-refractivity contribution in [2.24, 2.45) is 0 Å². The predicted octanol–water partition coefficient (Wildman–Crippen LogP) is 1.96. The molecule has 1 aromatic carbocycles. The van der Waals surface area contributed by atoms with Crippen molar-refractivity contribution in [1.82, 2.24) is 9.62 Å². The van der Waals surface area contributed by atoms with E-state index in [0.29, 0.717) is 18.7 Å². The molecule has 1 aromatic heterocycles. The maximum Gasteiger partial charge on any atom is 0.313 e. The molecule has 0 saturated carbocycles. The van der Waals surface area contributed by atoms with Gasteiger partial charge in [-0.05, 0) is 43.3 Å². The summed E-state index contributed by atoms with van der Waals surface area (Å²) in [6.07, 6.45) is 1.37. The van der Waals surface area contributed by atoms with Gasteiger partial charge in [0.15, 0.2) is 0 Å². The van der Waals surface area contributed by atoms with Crippen LogP contribution in [0.1, 0.15) is 18.4 Å². The van der Waals surface area contributed by atoms with E-state index in [0.717, 1.165) is 12.0 Å². The number of amides is 2. The Morgan fingerprint density at radius 3 is 2.59 bits per heavy atom. The van der Waals surface area contributed by atoms with Gasteiger partial charge in [0, 0.05) is 24.8 Å². The number of thiophene rings is 1. The number of benzene rings is 1. The first kappa shape index (κ1) is 19.5. The van der Waals surface area contributed by atoms with Gasteiger partial charge in [0.1, 0.15) is 4.21 Å². The molecule has 27 heavy (non-hydrogen) atoms. The lowest BCUT2D eigenvalue weighted by atomic mass is 10.2. The van der Waals surface area contributed by atoms with Gasteiger partial charge in [-0.25, -0.2) is 8.42 Å². The van der Waals surface area contributed by atoms with Crippen LogP contribution < -0.4 is 10.6 Å². The van der Waals surface area contributed by atoms with E-state index in [-0.39, 0.29) is 16.8 Å². The SMILES string of the molecule is Cc1ccc(NC(=O)C(=O)NC[C@@H]2CCCN2S(=O)(=O)c2cccs2)cc1. The number of carbonyl (C=O) groups is 2. The monoisotopic (exact) mass is 407 g/mol. The van der Waals surface area contributed by atoms with Crippen LogP contribution in [0.3, 0.4) is 0 Å². The topological polar surface area (TPSA) is 95.6 Å². The van der Waals surface area contributed by atoms with E-state index in [4.69, 9.17) is 0 Å². The van der Waals surface area contributed by atoms with E-state index < -0.39 is 21.8 Å². The molecule has 1 aliphatic rings. The van der Waals surface area contributed by atoms with Gasteiger partial charge in [-0.2, -0.15) is 4.31 Å². The third-order valence-corrected chi connectivity index (χ3v) is 7.72. The largest absolute Gasteiger partial charge is 0.346 e. The fraction of sp³-hybridized carbons (Fsp3) is 0.333. The van der Waals surface area contributed by atoms with Crippen LogP contribution in [0.5, 0.6) is 0 Å². The molecule has 0 aliphatic carbocycles. The summed E-state index contributed by atoms with van der Waals surface area (Å²) >= 11 is 1.17. The van der Waals surface area contributed by atoms with E-state index in [9.17, 15) is 18.0 Å². The molecule has 2 heterocycles. The molecule has 7 nitrogen and oxygen atoms in total. The quantitative estimate of drug-likeness (QED) is 0.741. The number of rotatable bonds is 5. The first-order chi connectivity index (χ1) is 12.9. The zero-order valence-corrected chi connectivity index (χ0v) is 16.5. The van der Waals surface area contributed by atoms with E-state index in [1.807, 2.05) is 19.1 Å². The number of hydrogen-bond donors (Lipinski definition) is 2. The molecule has 1 aliphatic heterocycles. The molecule has 1 fully saturated rings. The molecule has 2 amide bonds. The number of sulfonamides is 1. The lowest BCUT2D eigenvalue weighted by Crippen LogP contribution is -2.45. The van der Waals surface area contributed by atoms with E-state index in [1.54, 1.807) is 29.6 Å². The number of nitrogens with zero attached hydrogens (tertiary/aromatic N) is 1. The predicted molar refractivity (Wildman–Crippen MR) is 104 cm³/mol. The summed E-state index contributed by atoms with van der Waals surface area (Å²) in [5, 5.41) is 6.79. The first-order valence-corrected chi connectivity index (χ1v) is 10.9. The minimum atomic E-state index is -3.57. The Balaban J connectivity index is 1.57. The van der Waals surface area contributed by atoms with Crippen LogP contribution >= 0.6 is 11.3 Å². The van der Waals surface area contributed by atoms with Crippen LogP contribution in [-0.4, -0.2) is 43.7 Å². The molecule has 2 aromatic rings. The highest BCUT2D eigenvalue weighted by molar-refractivity contribution is 7.91. The van der Waals surface area contributed by atoms with Crippen molar-refractivity contribution in [3.8, 4) is 0 Å². The average molecular weight is 408 g/mol. The van der Waals surface area contributed by atoms with Gasteiger partial charge in [-0.1, -0.05) is 23.8 Å². The van der Waals surface area contributed by atoms with Crippen molar-refractivity contribution < 1.29 is 18.0 Å². The minimum Gasteiger partial charge on any atom is -0.346 e. The summed E-state index contributed by atoms with van der Waals surface area (Å²) in [7, 11) is -3.57. The number of carbonyl (C=O) groups excluding carboxylic acids is 2. The molecular weight excluding hydrogens is 386 g/mol. The summed E-state index contributed by atoms with van der Waals surface area (Å²) < 4.78 is 27.1. The number of aryl methyl sites for hydroxylation is 1. The highest BCUT2D eigenvalue weighted by Crippen LogP contribution is 2.28. The molecule has 9 heteroatoms. The first-order valence-electron chi connectivity index (χ1n) is 8.59. The van der Waals surface area contributed by atoms with Crippen LogP contribution in [0.15, 0.2) is 46.0 Å². The standard InChI is InChI=1S/C18H21N3O4S2/c1-13-6-8-14(9-7-13)20-18(23)17(22)19-12-15-4-2-10-21(15)27(24,25)16-5-3-11-26-16/h3,5-9,11,15H,2,4,10,12H2,1H3,(H,19,22)(H,20,23)/t15-/m0/s1. The van der Waals surface area contributed by atoms with Gasteiger partial charge in [0.25, 0.3) is 10.0 Å². The Kier molecular flexibility index (Phi) is 5.93. The maximum atomic E-state index is 12.7. The van der Waals surface area contributed by atoms with Gasteiger partial charge >= 0.3 is 11.8 Å². The van der Waals surface area contributed by atoms with Crippen molar-refractivity contribution in [2.45, 2.75) is 30.0 Å². The third-order valence-electron chi connectivity index (χ3n) is 4.40. The molecular formula is C18H21N3O4S2. The van der Waals surface area contributed by atoms with Crippen LogP contribution in [0.2, 0.25) is 0 Å². The van der Waals surface area contributed by atoms with Crippen molar-refractivity contribution in [3.05, 3.63) is 47.3 Å². The molecule has 0 bridgehead atoms. The van der Waals surface area contributed by atoms with Crippen LogP contribution in [0, 0.1) is 6.92 Å². The lowest BCUT2D eigenvalue weighted by molar-refractivity contribution is -0.136. The van der Waals surface area contributed by atoms with Gasteiger partial charge in [0.05, 0.1) is 0 Å². The summed E-state index contributed by atoms with van der Waals surface area (Å²) in [5.74, 6) is -1.56. The van der Waals surface area contributed by atoms with Crippen molar-refractivity contribution in [3.63, 3.8) is 0 Å². The van der Waals surface area contributed by atoms with Crippen LogP contribution in [0.4, 0.5) is 5.69 Å². The Labute approximate surface area is 162 Å². The average Bonchev–Trinajstić information content (AvgIpc) is 3.33. The highest BCUT2D eigenvalue weighted by Gasteiger charge is 2.36. The molecule has 2 N–H and O–H groups in total.